The van der Waals surface area contributed by atoms with Crippen LogP contribution in [0, 0.1) is 0 Å². The van der Waals surface area contributed by atoms with Gasteiger partial charge < -0.3 is 4.74 Å². The molecule has 0 radical (unpaired) electrons. The first-order valence-electron chi connectivity index (χ1n) is 10.4. The third kappa shape index (κ3) is 7.12. The quantitative estimate of drug-likeness (QED) is 0.488. The summed E-state index contributed by atoms with van der Waals surface area (Å²) in [6.07, 6.45) is 2.40. The van der Waals surface area contributed by atoms with Gasteiger partial charge in [0.15, 0.2) is 0 Å². The van der Waals surface area contributed by atoms with Crippen molar-refractivity contribution in [3.63, 3.8) is 0 Å². The van der Waals surface area contributed by atoms with Crippen LogP contribution < -0.4 is 0 Å². The van der Waals surface area contributed by atoms with Crippen LogP contribution in [0.2, 0.25) is 0 Å². The zero-order valence-corrected chi connectivity index (χ0v) is 18.0. The van der Waals surface area contributed by atoms with Crippen molar-refractivity contribution >= 4 is 5.97 Å². The average molecular weight is 382 g/mol. The maximum atomic E-state index is 12.6. The third-order valence-electron chi connectivity index (χ3n) is 4.90. The molecule has 0 aromatic heterocycles. The molecular formula is C25H35NO2. The summed E-state index contributed by atoms with van der Waals surface area (Å²) in [4.78, 5) is 15.1. The minimum absolute atomic E-state index is 0.121. The molecule has 2 aromatic rings. The van der Waals surface area contributed by atoms with E-state index in [-0.39, 0.29) is 18.1 Å². The molecule has 152 valence electrons. The number of hydrogen-bond donors (Lipinski definition) is 0. The lowest BCUT2D eigenvalue weighted by molar-refractivity contribution is -0.156. The van der Waals surface area contributed by atoms with Crippen molar-refractivity contribution in [2.24, 2.45) is 0 Å². The van der Waals surface area contributed by atoms with E-state index < -0.39 is 5.60 Å². The molecule has 2 aromatic carbocycles. The van der Waals surface area contributed by atoms with Gasteiger partial charge in [-0.25, -0.2) is 0 Å². The second kappa shape index (κ2) is 10.4. The summed E-state index contributed by atoms with van der Waals surface area (Å²) in [7, 11) is 0. The molecule has 0 N–H and O–H groups in total. The molecular weight excluding hydrogens is 346 g/mol. The van der Waals surface area contributed by atoms with Gasteiger partial charge in [0.1, 0.15) is 5.60 Å². The Hall–Kier alpha value is -2.13. The fourth-order valence-corrected chi connectivity index (χ4v) is 3.59. The molecule has 0 aliphatic heterocycles. The summed E-state index contributed by atoms with van der Waals surface area (Å²) in [5.41, 5.74) is 2.07. The molecule has 0 aliphatic rings. The van der Waals surface area contributed by atoms with E-state index in [1.807, 2.05) is 32.9 Å². The van der Waals surface area contributed by atoms with Gasteiger partial charge in [-0.05, 0) is 45.2 Å². The fourth-order valence-electron chi connectivity index (χ4n) is 3.59. The maximum Gasteiger partial charge on any atom is 0.307 e. The molecule has 0 bridgehead atoms. The number of benzene rings is 2. The van der Waals surface area contributed by atoms with Gasteiger partial charge in [-0.1, -0.05) is 74.0 Å². The van der Waals surface area contributed by atoms with Crippen LogP contribution >= 0.6 is 0 Å². The molecule has 3 heteroatoms. The highest BCUT2D eigenvalue weighted by Gasteiger charge is 2.28. The number of carbonyl (C=O) groups is 1. The lowest BCUT2D eigenvalue weighted by Gasteiger charge is -2.37. The van der Waals surface area contributed by atoms with Crippen molar-refractivity contribution in [3.05, 3.63) is 71.8 Å². The van der Waals surface area contributed by atoms with Gasteiger partial charge >= 0.3 is 5.97 Å². The summed E-state index contributed by atoms with van der Waals surface area (Å²) in [6.45, 7) is 11.0. The third-order valence-corrected chi connectivity index (χ3v) is 4.90. The van der Waals surface area contributed by atoms with E-state index in [1.54, 1.807) is 0 Å². The summed E-state index contributed by atoms with van der Waals surface area (Å²) in [5.74, 6) is -0.121. The largest absolute Gasteiger partial charge is 0.460 e. The van der Waals surface area contributed by atoms with Crippen LogP contribution in [-0.2, 0) is 16.1 Å². The number of ether oxygens (including phenoxy) is 1. The highest BCUT2D eigenvalue weighted by molar-refractivity contribution is 5.70. The van der Waals surface area contributed by atoms with Crippen LogP contribution in [0.15, 0.2) is 60.7 Å². The Kier molecular flexibility index (Phi) is 8.25. The van der Waals surface area contributed by atoms with E-state index in [0.29, 0.717) is 6.42 Å². The SMILES string of the molecule is CCC[C@H](CC(=O)OC(C)(C)C)N(Cc1ccccc1)[C@H](C)c1ccccc1. The van der Waals surface area contributed by atoms with Crippen LogP contribution in [-0.4, -0.2) is 22.5 Å². The molecule has 0 aliphatic carbocycles. The maximum absolute atomic E-state index is 12.6. The molecule has 0 unspecified atom stereocenters. The van der Waals surface area contributed by atoms with Crippen molar-refractivity contribution < 1.29 is 9.53 Å². The molecule has 0 fully saturated rings. The van der Waals surface area contributed by atoms with Gasteiger partial charge in [-0.3, -0.25) is 9.69 Å². The monoisotopic (exact) mass is 381 g/mol. The number of nitrogens with zero attached hydrogens (tertiary/aromatic N) is 1. The number of rotatable bonds is 9. The van der Waals surface area contributed by atoms with Gasteiger partial charge in [0.25, 0.3) is 0 Å². The summed E-state index contributed by atoms with van der Waals surface area (Å²) in [6, 6.07) is 21.4. The Morgan fingerprint density at radius 2 is 1.57 bits per heavy atom. The molecule has 0 amide bonds. The average Bonchev–Trinajstić information content (AvgIpc) is 2.65. The molecule has 3 nitrogen and oxygen atoms in total. The smallest absolute Gasteiger partial charge is 0.307 e. The van der Waals surface area contributed by atoms with E-state index in [2.05, 4.69) is 67.3 Å². The molecule has 2 rings (SSSR count). The van der Waals surface area contributed by atoms with Crippen LogP contribution in [0.25, 0.3) is 0 Å². The lowest BCUT2D eigenvalue weighted by atomic mass is 9.99. The second-order valence-corrected chi connectivity index (χ2v) is 8.48. The van der Waals surface area contributed by atoms with Crippen molar-refractivity contribution in [1.29, 1.82) is 0 Å². The standard InChI is InChI=1S/C25H35NO2/c1-6-13-23(18-24(27)28-25(3,4)5)26(19-21-14-9-7-10-15-21)20(2)22-16-11-8-12-17-22/h7-12,14-17,20,23H,6,13,18-19H2,1-5H3/t20-,23-/m1/s1. The zero-order chi connectivity index (χ0) is 20.6. The van der Waals surface area contributed by atoms with Crippen LogP contribution in [0.1, 0.15) is 71.0 Å². The van der Waals surface area contributed by atoms with Crippen LogP contribution in [0.3, 0.4) is 0 Å². The van der Waals surface area contributed by atoms with Gasteiger partial charge in [0, 0.05) is 18.6 Å². The molecule has 0 saturated heterocycles. The van der Waals surface area contributed by atoms with Gasteiger partial charge in [0.2, 0.25) is 0 Å². The van der Waals surface area contributed by atoms with Crippen LogP contribution in [0.5, 0.6) is 0 Å². The van der Waals surface area contributed by atoms with E-state index in [0.717, 1.165) is 19.4 Å². The fraction of sp³-hybridized carbons (Fsp3) is 0.480. The molecule has 0 spiro atoms. The zero-order valence-electron chi connectivity index (χ0n) is 18.0. The molecule has 28 heavy (non-hydrogen) atoms. The topological polar surface area (TPSA) is 29.5 Å². The molecule has 0 heterocycles. The normalized spacial score (nSPS) is 13.9. The Bertz CT molecular complexity index is 706. The molecule has 0 saturated carbocycles. The van der Waals surface area contributed by atoms with E-state index >= 15 is 0 Å². The number of esters is 1. The summed E-state index contributed by atoms with van der Waals surface area (Å²) in [5, 5.41) is 0. The Morgan fingerprint density at radius 1 is 1.00 bits per heavy atom. The summed E-state index contributed by atoms with van der Waals surface area (Å²) < 4.78 is 5.63. The first kappa shape index (κ1) is 22.2. The number of hydrogen-bond acceptors (Lipinski definition) is 3. The van der Waals surface area contributed by atoms with Gasteiger partial charge in [-0.2, -0.15) is 0 Å². The Morgan fingerprint density at radius 3 is 2.11 bits per heavy atom. The van der Waals surface area contributed by atoms with E-state index in [1.165, 1.54) is 11.1 Å². The summed E-state index contributed by atoms with van der Waals surface area (Å²) >= 11 is 0. The highest BCUT2D eigenvalue weighted by atomic mass is 16.6. The first-order valence-corrected chi connectivity index (χ1v) is 10.4. The predicted octanol–water partition coefficient (Wildman–Crippen LogP) is 6.15. The van der Waals surface area contributed by atoms with Gasteiger partial charge in [-0.15, -0.1) is 0 Å². The minimum atomic E-state index is -0.455. The van der Waals surface area contributed by atoms with Crippen LogP contribution in [0.4, 0.5) is 0 Å². The highest BCUT2D eigenvalue weighted by Crippen LogP contribution is 2.28. The van der Waals surface area contributed by atoms with Crippen molar-refractivity contribution in [3.8, 4) is 0 Å². The second-order valence-electron chi connectivity index (χ2n) is 8.48. The lowest BCUT2D eigenvalue weighted by Crippen LogP contribution is -2.39. The van der Waals surface area contributed by atoms with Crippen molar-refractivity contribution in [2.75, 3.05) is 0 Å². The molecule has 2 atom stereocenters. The van der Waals surface area contributed by atoms with Crippen molar-refractivity contribution in [2.45, 2.75) is 78.1 Å². The van der Waals surface area contributed by atoms with E-state index in [9.17, 15) is 4.79 Å². The first-order chi connectivity index (χ1) is 13.3. The Labute approximate surface area is 170 Å². The Balaban J connectivity index is 2.28. The van der Waals surface area contributed by atoms with E-state index in [4.69, 9.17) is 4.74 Å². The predicted molar refractivity (Wildman–Crippen MR) is 116 cm³/mol. The van der Waals surface area contributed by atoms with Crippen molar-refractivity contribution in [1.82, 2.24) is 4.90 Å². The van der Waals surface area contributed by atoms with Gasteiger partial charge in [0.05, 0.1) is 6.42 Å². The number of carbonyl (C=O) groups excluding carboxylic acids is 1. The minimum Gasteiger partial charge on any atom is -0.460 e.